The minimum absolute atomic E-state index is 0.0377. The van der Waals surface area contributed by atoms with Crippen LogP contribution in [0.5, 0.6) is 0 Å². The molecular weight excluding hydrogens is 211 g/mol. The van der Waals surface area contributed by atoms with Gasteiger partial charge in [0.05, 0.1) is 6.10 Å². The van der Waals surface area contributed by atoms with Gasteiger partial charge in [-0.2, -0.15) is 13.2 Å². The van der Waals surface area contributed by atoms with E-state index >= 15 is 0 Å². The maximum atomic E-state index is 11.8. The van der Waals surface area contributed by atoms with E-state index in [1.54, 1.807) is 4.90 Å². The number of halogens is 3. The van der Waals surface area contributed by atoms with Crippen LogP contribution >= 0.6 is 0 Å². The van der Waals surface area contributed by atoms with Gasteiger partial charge in [0.1, 0.15) is 6.61 Å². The molecule has 0 unspecified atom stereocenters. The van der Waals surface area contributed by atoms with Crippen molar-refractivity contribution in [2.75, 3.05) is 19.7 Å². The lowest BCUT2D eigenvalue weighted by Gasteiger charge is -2.31. The van der Waals surface area contributed by atoms with Gasteiger partial charge in [0.25, 0.3) is 0 Å². The van der Waals surface area contributed by atoms with E-state index in [-0.39, 0.29) is 12.0 Å². The van der Waals surface area contributed by atoms with Crippen molar-refractivity contribution in [3.05, 3.63) is 0 Å². The van der Waals surface area contributed by atoms with Crippen LogP contribution in [-0.2, 0) is 9.53 Å². The van der Waals surface area contributed by atoms with Crippen molar-refractivity contribution in [2.24, 2.45) is 0 Å². The lowest BCUT2D eigenvalue weighted by atomic mass is 10.1. The first-order valence-electron chi connectivity index (χ1n) is 4.82. The summed E-state index contributed by atoms with van der Waals surface area (Å²) in [5, 5.41) is 0. The summed E-state index contributed by atoms with van der Waals surface area (Å²) in [7, 11) is 0. The Hall–Kier alpha value is -0.780. The number of alkyl halides is 3. The molecule has 1 fully saturated rings. The van der Waals surface area contributed by atoms with Crippen LogP contribution in [0.1, 0.15) is 19.8 Å². The van der Waals surface area contributed by atoms with E-state index in [0.29, 0.717) is 25.9 Å². The number of piperidine rings is 1. The summed E-state index contributed by atoms with van der Waals surface area (Å²) in [6.45, 7) is 1.23. The molecule has 0 radical (unpaired) electrons. The number of amides is 1. The Kier molecular flexibility index (Phi) is 3.96. The smallest absolute Gasteiger partial charge is 0.369 e. The lowest BCUT2D eigenvalue weighted by Crippen LogP contribution is -2.40. The Balaban J connectivity index is 2.23. The molecule has 88 valence electrons. The Morgan fingerprint density at radius 3 is 2.33 bits per heavy atom. The molecule has 1 rings (SSSR count). The number of carbonyl (C=O) groups excluding carboxylic acids is 1. The molecule has 1 aliphatic heterocycles. The average molecular weight is 225 g/mol. The summed E-state index contributed by atoms with van der Waals surface area (Å²) >= 11 is 0. The van der Waals surface area contributed by atoms with Crippen molar-refractivity contribution in [3.63, 3.8) is 0 Å². The SMILES string of the molecule is CC(=O)N1CCC(OCC(F)(F)F)CC1. The highest BCUT2D eigenvalue weighted by Gasteiger charge is 2.30. The van der Waals surface area contributed by atoms with Gasteiger partial charge in [-0.3, -0.25) is 4.79 Å². The third-order valence-electron chi connectivity index (χ3n) is 2.37. The van der Waals surface area contributed by atoms with Crippen molar-refractivity contribution in [1.29, 1.82) is 0 Å². The predicted octanol–water partition coefficient (Wildman–Crippen LogP) is 1.58. The fourth-order valence-corrected chi connectivity index (χ4v) is 1.55. The van der Waals surface area contributed by atoms with E-state index in [1.165, 1.54) is 6.92 Å². The topological polar surface area (TPSA) is 29.5 Å². The molecular formula is C9H14F3NO2. The van der Waals surface area contributed by atoms with Crippen molar-refractivity contribution in [3.8, 4) is 0 Å². The van der Waals surface area contributed by atoms with Gasteiger partial charge >= 0.3 is 6.18 Å². The summed E-state index contributed by atoms with van der Waals surface area (Å²) in [5.41, 5.74) is 0. The minimum Gasteiger partial charge on any atom is -0.369 e. The molecule has 0 saturated carbocycles. The van der Waals surface area contributed by atoms with Gasteiger partial charge in [-0.1, -0.05) is 0 Å². The summed E-state index contributed by atoms with van der Waals surface area (Å²) < 4.78 is 40.2. The zero-order valence-corrected chi connectivity index (χ0v) is 8.51. The van der Waals surface area contributed by atoms with Crippen LogP contribution in [0.3, 0.4) is 0 Å². The van der Waals surface area contributed by atoms with Crippen LogP contribution < -0.4 is 0 Å². The Labute approximate surface area is 86.2 Å². The fraction of sp³-hybridized carbons (Fsp3) is 0.889. The summed E-state index contributed by atoms with van der Waals surface area (Å²) in [6.07, 6.45) is -3.68. The predicted molar refractivity (Wildman–Crippen MR) is 47.3 cm³/mol. The second-order valence-corrected chi connectivity index (χ2v) is 3.63. The highest BCUT2D eigenvalue weighted by molar-refractivity contribution is 5.73. The molecule has 1 saturated heterocycles. The standard InChI is InChI=1S/C9H14F3NO2/c1-7(14)13-4-2-8(3-5-13)15-6-9(10,11)12/h8H,2-6H2,1H3. The van der Waals surface area contributed by atoms with Crippen molar-refractivity contribution < 1.29 is 22.7 Å². The number of nitrogens with zero attached hydrogens (tertiary/aromatic N) is 1. The molecule has 0 aromatic rings. The average Bonchev–Trinajstić information content (AvgIpc) is 2.14. The summed E-state index contributed by atoms with van der Waals surface area (Å²) in [4.78, 5) is 12.5. The molecule has 0 spiro atoms. The third kappa shape index (κ3) is 4.51. The van der Waals surface area contributed by atoms with Gasteiger partial charge in [0.2, 0.25) is 5.91 Å². The highest BCUT2D eigenvalue weighted by atomic mass is 19.4. The van der Waals surface area contributed by atoms with Crippen molar-refractivity contribution >= 4 is 5.91 Å². The van der Waals surface area contributed by atoms with Gasteiger partial charge in [0, 0.05) is 20.0 Å². The molecule has 0 aromatic heterocycles. The van der Waals surface area contributed by atoms with Crippen LogP contribution in [0.2, 0.25) is 0 Å². The third-order valence-corrected chi connectivity index (χ3v) is 2.37. The molecule has 0 atom stereocenters. The first-order valence-corrected chi connectivity index (χ1v) is 4.82. The van der Waals surface area contributed by atoms with Crippen LogP contribution in [0.25, 0.3) is 0 Å². The lowest BCUT2D eigenvalue weighted by molar-refractivity contribution is -0.189. The fourth-order valence-electron chi connectivity index (χ4n) is 1.55. The maximum absolute atomic E-state index is 11.8. The molecule has 6 heteroatoms. The van der Waals surface area contributed by atoms with Gasteiger partial charge in [-0.25, -0.2) is 0 Å². The largest absolute Gasteiger partial charge is 0.411 e. The zero-order valence-electron chi connectivity index (χ0n) is 8.51. The molecule has 1 heterocycles. The quantitative estimate of drug-likeness (QED) is 0.714. The van der Waals surface area contributed by atoms with Gasteiger partial charge in [0.15, 0.2) is 0 Å². The van der Waals surface area contributed by atoms with E-state index in [9.17, 15) is 18.0 Å². The van der Waals surface area contributed by atoms with Crippen LogP contribution in [0.4, 0.5) is 13.2 Å². The first kappa shape index (κ1) is 12.3. The van der Waals surface area contributed by atoms with Gasteiger partial charge in [-0.05, 0) is 12.8 Å². The number of hydrogen-bond acceptors (Lipinski definition) is 2. The van der Waals surface area contributed by atoms with E-state index in [4.69, 9.17) is 4.74 Å². The molecule has 1 aliphatic rings. The van der Waals surface area contributed by atoms with Crippen LogP contribution in [0.15, 0.2) is 0 Å². The van der Waals surface area contributed by atoms with E-state index < -0.39 is 12.8 Å². The van der Waals surface area contributed by atoms with Crippen molar-refractivity contribution in [1.82, 2.24) is 4.90 Å². The molecule has 0 N–H and O–H groups in total. The molecule has 0 aromatic carbocycles. The number of hydrogen-bond donors (Lipinski definition) is 0. The number of ether oxygens (including phenoxy) is 1. The highest BCUT2D eigenvalue weighted by Crippen LogP contribution is 2.19. The molecule has 3 nitrogen and oxygen atoms in total. The minimum atomic E-state index is -4.27. The molecule has 15 heavy (non-hydrogen) atoms. The molecule has 0 bridgehead atoms. The molecule has 0 aliphatic carbocycles. The Morgan fingerprint density at radius 1 is 1.40 bits per heavy atom. The number of likely N-dealkylation sites (tertiary alicyclic amines) is 1. The monoisotopic (exact) mass is 225 g/mol. The second-order valence-electron chi connectivity index (χ2n) is 3.63. The van der Waals surface area contributed by atoms with Gasteiger partial charge < -0.3 is 9.64 Å². The zero-order chi connectivity index (χ0) is 11.5. The van der Waals surface area contributed by atoms with Crippen LogP contribution in [-0.4, -0.2) is 42.8 Å². The number of carbonyl (C=O) groups is 1. The maximum Gasteiger partial charge on any atom is 0.411 e. The first-order chi connectivity index (χ1) is 6.88. The second kappa shape index (κ2) is 4.83. The van der Waals surface area contributed by atoms with E-state index in [2.05, 4.69) is 0 Å². The Morgan fingerprint density at radius 2 is 1.93 bits per heavy atom. The number of rotatable bonds is 2. The van der Waals surface area contributed by atoms with E-state index in [1.807, 2.05) is 0 Å². The Bertz CT molecular complexity index is 222. The van der Waals surface area contributed by atoms with Crippen molar-refractivity contribution in [2.45, 2.75) is 32.0 Å². The van der Waals surface area contributed by atoms with E-state index in [0.717, 1.165) is 0 Å². The van der Waals surface area contributed by atoms with Gasteiger partial charge in [-0.15, -0.1) is 0 Å². The normalized spacial score (nSPS) is 19.3. The van der Waals surface area contributed by atoms with Crippen LogP contribution in [0, 0.1) is 0 Å². The molecule has 1 amide bonds. The summed E-state index contributed by atoms with van der Waals surface area (Å²) in [5.74, 6) is -0.0377. The summed E-state index contributed by atoms with van der Waals surface area (Å²) in [6, 6.07) is 0.